The van der Waals surface area contributed by atoms with Crippen molar-refractivity contribution in [2.24, 2.45) is 5.14 Å². The van der Waals surface area contributed by atoms with Crippen molar-refractivity contribution in [2.75, 3.05) is 6.61 Å². The highest BCUT2D eigenvalue weighted by Crippen LogP contribution is 2.31. The zero-order chi connectivity index (χ0) is 14.5. The third-order valence-corrected chi connectivity index (χ3v) is 3.87. The molecule has 0 radical (unpaired) electrons. The first-order chi connectivity index (χ1) is 8.90. The molecular formula is C14H19NO3S. The van der Waals surface area contributed by atoms with Crippen molar-refractivity contribution in [3.05, 3.63) is 23.8 Å². The first-order valence-corrected chi connectivity index (χ1v) is 7.67. The molecule has 1 aromatic carbocycles. The van der Waals surface area contributed by atoms with Gasteiger partial charge >= 0.3 is 0 Å². The smallest absolute Gasteiger partial charge is 0.238 e. The van der Waals surface area contributed by atoms with Crippen LogP contribution in [0.2, 0.25) is 0 Å². The average Bonchev–Trinajstić information content (AvgIpc) is 2.37. The molecule has 5 heteroatoms. The van der Waals surface area contributed by atoms with E-state index >= 15 is 0 Å². The topological polar surface area (TPSA) is 69.4 Å². The van der Waals surface area contributed by atoms with E-state index in [4.69, 9.17) is 16.3 Å². The molecule has 0 aromatic heterocycles. The third-order valence-electron chi connectivity index (χ3n) is 2.96. The van der Waals surface area contributed by atoms with Crippen molar-refractivity contribution in [1.29, 1.82) is 0 Å². The van der Waals surface area contributed by atoms with Crippen LogP contribution in [-0.4, -0.2) is 15.0 Å². The first kappa shape index (κ1) is 15.5. The fourth-order valence-corrected chi connectivity index (χ4v) is 2.21. The van der Waals surface area contributed by atoms with Crippen LogP contribution >= 0.6 is 0 Å². The molecule has 1 rings (SSSR count). The lowest BCUT2D eigenvalue weighted by molar-refractivity contribution is 0.321. The second kappa shape index (κ2) is 6.60. The van der Waals surface area contributed by atoms with E-state index in [2.05, 4.69) is 5.92 Å². The van der Waals surface area contributed by atoms with Crippen LogP contribution in [0.15, 0.2) is 23.1 Å². The molecule has 1 aromatic rings. The lowest BCUT2D eigenvalue weighted by Crippen LogP contribution is -2.13. The van der Waals surface area contributed by atoms with Crippen molar-refractivity contribution in [1.82, 2.24) is 0 Å². The van der Waals surface area contributed by atoms with Crippen molar-refractivity contribution < 1.29 is 13.2 Å². The number of terminal acetylenes is 1. The van der Waals surface area contributed by atoms with E-state index in [-0.39, 0.29) is 10.8 Å². The summed E-state index contributed by atoms with van der Waals surface area (Å²) >= 11 is 0. The van der Waals surface area contributed by atoms with Gasteiger partial charge in [-0.1, -0.05) is 13.8 Å². The molecule has 0 aliphatic carbocycles. The number of nitrogens with two attached hydrogens (primary N) is 1. The summed E-state index contributed by atoms with van der Waals surface area (Å²) in [6.45, 7) is 4.45. The van der Waals surface area contributed by atoms with Crippen LogP contribution in [0.4, 0.5) is 0 Å². The Morgan fingerprint density at radius 2 is 2.16 bits per heavy atom. The minimum atomic E-state index is -3.70. The number of primary sulfonamides is 1. The van der Waals surface area contributed by atoms with Gasteiger partial charge < -0.3 is 4.74 Å². The van der Waals surface area contributed by atoms with E-state index in [0.717, 1.165) is 12.0 Å². The van der Waals surface area contributed by atoms with Gasteiger partial charge in [0.25, 0.3) is 0 Å². The van der Waals surface area contributed by atoms with Crippen molar-refractivity contribution >= 4 is 10.0 Å². The Morgan fingerprint density at radius 3 is 2.68 bits per heavy atom. The van der Waals surface area contributed by atoms with Crippen molar-refractivity contribution in [2.45, 2.75) is 37.5 Å². The van der Waals surface area contributed by atoms with Crippen molar-refractivity contribution in [3.8, 4) is 18.1 Å². The molecule has 0 saturated carbocycles. The van der Waals surface area contributed by atoms with Crippen LogP contribution in [0.5, 0.6) is 5.75 Å². The van der Waals surface area contributed by atoms with Gasteiger partial charge in [0.15, 0.2) is 0 Å². The molecule has 4 nitrogen and oxygen atoms in total. The van der Waals surface area contributed by atoms with Crippen LogP contribution < -0.4 is 9.88 Å². The van der Waals surface area contributed by atoms with Gasteiger partial charge in [-0.15, -0.1) is 12.3 Å². The quantitative estimate of drug-likeness (QED) is 0.642. The molecular weight excluding hydrogens is 262 g/mol. The van der Waals surface area contributed by atoms with E-state index in [9.17, 15) is 8.42 Å². The molecule has 0 bridgehead atoms. The summed E-state index contributed by atoms with van der Waals surface area (Å²) in [6, 6.07) is 4.67. The Bertz CT molecular complexity index is 573. The Balaban J connectivity index is 3.14. The van der Waals surface area contributed by atoms with Gasteiger partial charge in [0.05, 0.1) is 11.5 Å². The second-order valence-electron chi connectivity index (χ2n) is 4.36. The van der Waals surface area contributed by atoms with Gasteiger partial charge in [-0.2, -0.15) is 0 Å². The van der Waals surface area contributed by atoms with Gasteiger partial charge in [0, 0.05) is 6.42 Å². The van der Waals surface area contributed by atoms with Gasteiger partial charge in [-0.05, 0) is 36.1 Å². The summed E-state index contributed by atoms with van der Waals surface area (Å²) in [7, 11) is -3.70. The maximum atomic E-state index is 11.4. The number of ether oxygens (including phenoxy) is 1. The summed E-state index contributed by atoms with van der Waals surface area (Å²) in [6.07, 6.45) is 6.56. The first-order valence-electron chi connectivity index (χ1n) is 6.13. The number of hydrogen-bond donors (Lipinski definition) is 1. The van der Waals surface area contributed by atoms with E-state index in [1.807, 2.05) is 13.8 Å². The van der Waals surface area contributed by atoms with Crippen LogP contribution in [-0.2, 0) is 10.0 Å². The Kier molecular flexibility index (Phi) is 5.40. The average molecular weight is 281 g/mol. The van der Waals surface area contributed by atoms with Crippen LogP contribution in [0.1, 0.15) is 38.2 Å². The number of rotatable bonds is 6. The van der Waals surface area contributed by atoms with Crippen molar-refractivity contribution in [3.63, 3.8) is 0 Å². The summed E-state index contributed by atoms with van der Waals surface area (Å²) in [5.41, 5.74) is 0.839. The maximum Gasteiger partial charge on any atom is 0.238 e. The van der Waals surface area contributed by atoms with E-state index in [1.165, 1.54) is 6.07 Å². The van der Waals surface area contributed by atoms with Crippen LogP contribution in [0.3, 0.4) is 0 Å². The Hall–Kier alpha value is -1.51. The molecule has 0 fully saturated rings. The zero-order valence-corrected chi connectivity index (χ0v) is 12.0. The SMILES string of the molecule is C#CCCOc1ccc(S(N)(=O)=O)cc1C(C)CC. The molecule has 2 N–H and O–H groups in total. The number of hydrogen-bond acceptors (Lipinski definition) is 3. The fourth-order valence-electron chi connectivity index (χ4n) is 1.66. The highest BCUT2D eigenvalue weighted by atomic mass is 32.2. The lowest BCUT2D eigenvalue weighted by atomic mass is 9.98. The molecule has 0 amide bonds. The third kappa shape index (κ3) is 4.27. The Morgan fingerprint density at radius 1 is 1.47 bits per heavy atom. The highest BCUT2D eigenvalue weighted by molar-refractivity contribution is 7.89. The van der Waals surface area contributed by atoms with E-state index in [0.29, 0.717) is 18.8 Å². The van der Waals surface area contributed by atoms with E-state index < -0.39 is 10.0 Å². The standard InChI is InChI=1S/C14H19NO3S/c1-4-6-9-18-14-8-7-12(19(15,16)17)10-13(14)11(3)5-2/h1,7-8,10-11H,5-6,9H2,2-3H3,(H2,15,16,17). The summed E-state index contributed by atoms with van der Waals surface area (Å²) in [4.78, 5) is 0.104. The van der Waals surface area contributed by atoms with E-state index in [1.54, 1.807) is 12.1 Å². The molecule has 1 atom stereocenters. The predicted molar refractivity (Wildman–Crippen MR) is 75.5 cm³/mol. The molecule has 0 aliphatic heterocycles. The van der Waals surface area contributed by atoms with Gasteiger partial charge in [0.2, 0.25) is 10.0 Å². The monoisotopic (exact) mass is 281 g/mol. The fraction of sp³-hybridized carbons (Fsp3) is 0.429. The summed E-state index contributed by atoms with van der Waals surface area (Å²) < 4.78 is 28.3. The predicted octanol–water partition coefficient (Wildman–Crippen LogP) is 2.25. The highest BCUT2D eigenvalue weighted by Gasteiger charge is 2.15. The second-order valence-corrected chi connectivity index (χ2v) is 5.92. The Labute approximate surface area is 115 Å². The molecule has 0 aliphatic rings. The minimum Gasteiger partial charge on any atom is -0.492 e. The largest absolute Gasteiger partial charge is 0.492 e. The van der Waals surface area contributed by atoms with Crippen LogP contribution in [0, 0.1) is 12.3 Å². The zero-order valence-electron chi connectivity index (χ0n) is 11.2. The van der Waals surface area contributed by atoms with Gasteiger partial charge in [0.1, 0.15) is 5.75 Å². The molecule has 0 saturated heterocycles. The van der Waals surface area contributed by atoms with Crippen LogP contribution in [0.25, 0.3) is 0 Å². The molecule has 1 unspecified atom stereocenters. The molecule has 0 spiro atoms. The maximum absolute atomic E-state index is 11.4. The van der Waals surface area contributed by atoms with Gasteiger partial charge in [-0.3, -0.25) is 0 Å². The molecule has 104 valence electrons. The molecule has 19 heavy (non-hydrogen) atoms. The number of sulfonamides is 1. The minimum absolute atomic E-state index is 0.104. The lowest BCUT2D eigenvalue weighted by Gasteiger charge is -2.16. The summed E-state index contributed by atoms with van der Waals surface area (Å²) in [5.74, 6) is 3.34. The van der Waals surface area contributed by atoms with Gasteiger partial charge in [-0.25, -0.2) is 13.6 Å². The summed E-state index contributed by atoms with van der Waals surface area (Å²) in [5, 5.41) is 5.14. The molecule has 0 heterocycles. The normalized spacial score (nSPS) is 12.7. The number of benzene rings is 1.